The first-order valence-corrected chi connectivity index (χ1v) is 11.9. The maximum absolute atomic E-state index is 13.5. The minimum Gasteiger partial charge on any atom is -0.495 e. The number of benzene rings is 3. The van der Waals surface area contributed by atoms with Gasteiger partial charge in [0.05, 0.1) is 24.2 Å². The van der Waals surface area contributed by atoms with E-state index in [1.54, 1.807) is 36.4 Å². The SMILES string of the molecule is COc1ccccc1N(CC(=O)NCCOc1ccccc1C)S(=O)(=O)c1ccc(C)cc1. The zero-order chi connectivity index (χ0) is 23.8. The van der Waals surface area contributed by atoms with E-state index in [4.69, 9.17) is 9.47 Å². The molecule has 0 aliphatic rings. The number of rotatable bonds is 10. The van der Waals surface area contributed by atoms with Gasteiger partial charge in [0.1, 0.15) is 24.7 Å². The molecule has 3 aromatic rings. The highest BCUT2D eigenvalue weighted by atomic mass is 32.2. The summed E-state index contributed by atoms with van der Waals surface area (Å²) >= 11 is 0. The van der Waals surface area contributed by atoms with E-state index < -0.39 is 22.5 Å². The summed E-state index contributed by atoms with van der Waals surface area (Å²) in [6.07, 6.45) is 0. The van der Waals surface area contributed by atoms with Gasteiger partial charge < -0.3 is 14.8 Å². The predicted octanol–water partition coefficient (Wildman–Crippen LogP) is 3.70. The van der Waals surface area contributed by atoms with E-state index >= 15 is 0 Å². The van der Waals surface area contributed by atoms with Crippen molar-refractivity contribution < 1.29 is 22.7 Å². The normalized spacial score (nSPS) is 11.0. The number of hydrogen-bond donors (Lipinski definition) is 1. The molecule has 8 heteroatoms. The Morgan fingerprint density at radius 2 is 1.55 bits per heavy atom. The van der Waals surface area contributed by atoms with Gasteiger partial charge in [-0.25, -0.2) is 8.42 Å². The second kappa shape index (κ2) is 10.9. The third-order valence-corrected chi connectivity index (χ3v) is 6.80. The molecular formula is C25H28N2O5S. The first kappa shape index (κ1) is 24.1. The molecule has 0 aromatic heterocycles. The number of nitrogens with one attached hydrogen (secondary N) is 1. The van der Waals surface area contributed by atoms with Gasteiger partial charge >= 0.3 is 0 Å². The molecule has 0 saturated heterocycles. The Morgan fingerprint density at radius 1 is 0.909 bits per heavy atom. The summed E-state index contributed by atoms with van der Waals surface area (Å²) in [5, 5.41) is 2.73. The van der Waals surface area contributed by atoms with Crippen molar-refractivity contribution >= 4 is 21.6 Å². The van der Waals surface area contributed by atoms with Crippen molar-refractivity contribution in [3.05, 3.63) is 83.9 Å². The highest BCUT2D eigenvalue weighted by molar-refractivity contribution is 7.92. The summed E-state index contributed by atoms with van der Waals surface area (Å²) in [5.41, 5.74) is 2.21. The average molecular weight is 469 g/mol. The maximum atomic E-state index is 13.5. The molecule has 3 rings (SSSR count). The monoisotopic (exact) mass is 468 g/mol. The standard InChI is InChI=1S/C25H28N2O5S/c1-19-12-14-21(15-13-19)33(29,30)27(22-9-5-7-11-24(22)31-3)18-25(28)26-16-17-32-23-10-6-4-8-20(23)2/h4-15H,16-18H2,1-3H3,(H,26,28). The zero-order valence-corrected chi connectivity index (χ0v) is 19.8. The minimum absolute atomic E-state index is 0.0923. The molecule has 0 atom stereocenters. The summed E-state index contributed by atoms with van der Waals surface area (Å²) in [6.45, 7) is 3.91. The van der Waals surface area contributed by atoms with Crippen LogP contribution < -0.4 is 19.1 Å². The van der Waals surface area contributed by atoms with Crippen molar-refractivity contribution in [3.63, 3.8) is 0 Å². The van der Waals surface area contributed by atoms with Crippen LogP contribution in [-0.2, 0) is 14.8 Å². The van der Waals surface area contributed by atoms with Gasteiger partial charge in [0.25, 0.3) is 10.0 Å². The van der Waals surface area contributed by atoms with Gasteiger partial charge in [-0.2, -0.15) is 0 Å². The van der Waals surface area contributed by atoms with Crippen LogP contribution in [0.15, 0.2) is 77.7 Å². The van der Waals surface area contributed by atoms with Crippen LogP contribution in [-0.4, -0.2) is 41.1 Å². The highest BCUT2D eigenvalue weighted by Gasteiger charge is 2.29. The minimum atomic E-state index is -4.02. The first-order valence-electron chi connectivity index (χ1n) is 10.5. The van der Waals surface area contributed by atoms with Crippen LogP contribution in [0.5, 0.6) is 11.5 Å². The molecule has 3 aromatic carbocycles. The molecule has 0 aliphatic carbocycles. The van der Waals surface area contributed by atoms with Gasteiger partial charge in [-0.05, 0) is 49.7 Å². The quantitative estimate of drug-likeness (QED) is 0.459. The number of ether oxygens (including phenoxy) is 2. The summed E-state index contributed by atoms with van der Waals surface area (Å²) in [7, 11) is -2.56. The van der Waals surface area contributed by atoms with Crippen LogP contribution in [0.4, 0.5) is 5.69 Å². The molecule has 1 N–H and O–H groups in total. The van der Waals surface area contributed by atoms with Crippen molar-refractivity contribution in [3.8, 4) is 11.5 Å². The van der Waals surface area contributed by atoms with E-state index in [-0.39, 0.29) is 23.7 Å². The largest absolute Gasteiger partial charge is 0.495 e. The number of para-hydroxylation sites is 3. The lowest BCUT2D eigenvalue weighted by Crippen LogP contribution is -2.42. The van der Waals surface area contributed by atoms with Gasteiger partial charge in [-0.3, -0.25) is 9.10 Å². The van der Waals surface area contributed by atoms with E-state index in [2.05, 4.69) is 5.32 Å². The number of sulfonamides is 1. The van der Waals surface area contributed by atoms with Crippen LogP contribution in [0.3, 0.4) is 0 Å². The van der Waals surface area contributed by atoms with Crippen molar-refractivity contribution in [1.82, 2.24) is 5.32 Å². The molecule has 0 radical (unpaired) electrons. The van der Waals surface area contributed by atoms with E-state index in [1.165, 1.54) is 19.2 Å². The van der Waals surface area contributed by atoms with Crippen LogP contribution in [0.25, 0.3) is 0 Å². The lowest BCUT2D eigenvalue weighted by Gasteiger charge is -2.25. The van der Waals surface area contributed by atoms with Crippen LogP contribution in [0, 0.1) is 13.8 Å². The molecule has 1 amide bonds. The molecular weight excluding hydrogens is 440 g/mol. The Bertz CT molecular complexity index is 1190. The van der Waals surface area contributed by atoms with Gasteiger partial charge in [0.15, 0.2) is 0 Å². The Labute approximate surface area is 195 Å². The number of amides is 1. The molecule has 0 bridgehead atoms. The van der Waals surface area contributed by atoms with Gasteiger partial charge in [-0.15, -0.1) is 0 Å². The number of aryl methyl sites for hydroxylation is 2. The fourth-order valence-corrected chi connectivity index (χ4v) is 4.66. The van der Waals surface area contributed by atoms with Crippen molar-refractivity contribution in [2.75, 3.05) is 31.1 Å². The second-order valence-corrected chi connectivity index (χ2v) is 9.32. The summed E-state index contributed by atoms with van der Waals surface area (Å²) in [5.74, 6) is 0.637. The molecule has 0 fully saturated rings. The molecule has 33 heavy (non-hydrogen) atoms. The smallest absolute Gasteiger partial charge is 0.264 e. The lowest BCUT2D eigenvalue weighted by atomic mass is 10.2. The second-order valence-electron chi connectivity index (χ2n) is 7.46. The third-order valence-electron chi connectivity index (χ3n) is 5.03. The Balaban J connectivity index is 1.76. The number of methoxy groups -OCH3 is 1. The van der Waals surface area contributed by atoms with E-state index in [0.29, 0.717) is 5.75 Å². The third kappa shape index (κ3) is 6.04. The Morgan fingerprint density at radius 3 is 2.21 bits per heavy atom. The fourth-order valence-electron chi connectivity index (χ4n) is 3.23. The average Bonchev–Trinajstić information content (AvgIpc) is 2.81. The van der Waals surface area contributed by atoms with Gasteiger partial charge in [-0.1, -0.05) is 48.0 Å². The molecule has 0 spiro atoms. The molecule has 174 valence electrons. The van der Waals surface area contributed by atoms with Crippen LogP contribution in [0.1, 0.15) is 11.1 Å². The van der Waals surface area contributed by atoms with E-state index in [1.807, 2.05) is 38.1 Å². The lowest BCUT2D eigenvalue weighted by molar-refractivity contribution is -0.119. The van der Waals surface area contributed by atoms with Gasteiger partial charge in [0, 0.05) is 0 Å². The number of nitrogens with zero attached hydrogens (tertiary/aromatic N) is 1. The predicted molar refractivity (Wildman–Crippen MR) is 128 cm³/mol. The molecule has 0 aliphatic heterocycles. The summed E-state index contributed by atoms with van der Waals surface area (Å²) in [4.78, 5) is 12.8. The Kier molecular flexibility index (Phi) is 7.95. The molecule has 7 nitrogen and oxygen atoms in total. The van der Waals surface area contributed by atoms with Crippen molar-refractivity contribution in [2.45, 2.75) is 18.7 Å². The number of carbonyl (C=O) groups excluding carboxylic acids is 1. The summed E-state index contributed by atoms with van der Waals surface area (Å²) < 4.78 is 39.0. The first-order chi connectivity index (χ1) is 15.8. The van der Waals surface area contributed by atoms with Crippen molar-refractivity contribution in [1.29, 1.82) is 0 Å². The van der Waals surface area contributed by atoms with E-state index in [0.717, 1.165) is 21.2 Å². The molecule has 0 saturated carbocycles. The van der Waals surface area contributed by atoms with Crippen molar-refractivity contribution in [2.24, 2.45) is 0 Å². The Hall–Kier alpha value is -3.52. The topological polar surface area (TPSA) is 84.9 Å². The van der Waals surface area contributed by atoms with E-state index in [9.17, 15) is 13.2 Å². The highest BCUT2D eigenvalue weighted by Crippen LogP contribution is 2.32. The molecule has 0 heterocycles. The number of hydrogen-bond acceptors (Lipinski definition) is 5. The number of carbonyl (C=O) groups is 1. The zero-order valence-electron chi connectivity index (χ0n) is 18.9. The fraction of sp³-hybridized carbons (Fsp3) is 0.240. The van der Waals surface area contributed by atoms with Crippen LogP contribution in [0.2, 0.25) is 0 Å². The summed E-state index contributed by atoms with van der Waals surface area (Å²) in [6, 6.07) is 20.8. The maximum Gasteiger partial charge on any atom is 0.264 e. The van der Waals surface area contributed by atoms with Gasteiger partial charge in [0.2, 0.25) is 5.91 Å². The van der Waals surface area contributed by atoms with Crippen LogP contribution >= 0.6 is 0 Å². The molecule has 0 unspecified atom stereocenters. The number of anilines is 1.